The molecule has 0 aliphatic carbocycles. The minimum absolute atomic E-state index is 0.211. The van der Waals surface area contributed by atoms with E-state index >= 15 is 0 Å². The Bertz CT molecular complexity index is 743. The molecule has 0 amide bonds. The molecule has 0 saturated carbocycles. The van der Waals surface area contributed by atoms with Gasteiger partial charge in [0.2, 0.25) is 0 Å². The summed E-state index contributed by atoms with van der Waals surface area (Å²) >= 11 is 11.7. The fourth-order valence-electron chi connectivity index (χ4n) is 2.10. The third-order valence-corrected chi connectivity index (χ3v) is 5.51. The van der Waals surface area contributed by atoms with E-state index in [2.05, 4.69) is 0 Å². The summed E-state index contributed by atoms with van der Waals surface area (Å²) in [5, 5.41) is 1.08. The first kappa shape index (κ1) is 16.1. The summed E-state index contributed by atoms with van der Waals surface area (Å²) in [6.45, 7) is 3.95. The summed E-state index contributed by atoms with van der Waals surface area (Å²) in [5.74, 6) is 0. The predicted octanol–water partition coefficient (Wildman–Crippen LogP) is 4.52. The van der Waals surface area contributed by atoms with Crippen LogP contribution in [0.4, 0.5) is 5.69 Å². The van der Waals surface area contributed by atoms with Crippen molar-refractivity contribution in [1.82, 2.24) is 0 Å². The van der Waals surface area contributed by atoms with Gasteiger partial charge in [-0.05, 0) is 61.9 Å². The van der Waals surface area contributed by atoms with E-state index in [1.807, 2.05) is 6.92 Å². The van der Waals surface area contributed by atoms with Gasteiger partial charge in [0.1, 0.15) is 0 Å². The van der Waals surface area contributed by atoms with Gasteiger partial charge in [0, 0.05) is 16.6 Å². The Balaban J connectivity index is 2.51. The molecular weight excluding hydrogens is 329 g/mol. The van der Waals surface area contributed by atoms with Crippen molar-refractivity contribution >= 4 is 38.9 Å². The Morgan fingerprint density at radius 3 is 2.10 bits per heavy atom. The second-order valence-electron chi connectivity index (χ2n) is 4.55. The van der Waals surface area contributed by atoms with E-state index in [-0.39, 0.29) is 4.90 Å². The number of hydrogen-bond donors (Lipinski definition) is 0. The maximum absolute atomic E-state index is 12.8. The van der Waals surface area contributed by atoms with Crippen LogP contribution in [-0.2, 0) is 10.0 Å². The van der Waals surface area contributed by atoms with Crippen molar-refractivity contribution in [1.29, 1.82) is 0 Å². The maximum Gasteiger partial charge on any atom is 0.264 e. The molecule has 6 heteroatoms. The lowest BCUT2D eigenvalue weighted by Crippen LogP contribution is -2.31. The number of anilines is 1. The number of hydrogen-bond acceptors (Lipinski definition) is 2. The Morgan fingerprint density at radius 2 is 1.57 bits per heavy atom. The molecule has 0 fully saturated rings. The zero-order chi connectivity index (χ0) is 15.6. The second kappa shape index (κ2) is 6.26. The Kier molecular flexibility index (Phi) is 4.81. The fourth-order valence-corrected chi connectivity index (χ4v) is 3.99. The molecule has 3 nitrogen and oxygen atoms in total. The first-order chi connectivity index (χ1) is 9.86. The standard InChI is InChI=1S/C15H15Cl2NO2S/c1-3-18(15-9-6-13(17)10-11(15)2)21(19,20)14-7-4-12(16)5-8-14/h4-10H,3H2,1-2H3. The first-order valence-corrected chi connectivity index (χ1v) is 8.60. The zero-order valence-corrected chi connectivity index (χ0v) is 14.0. The molecular formula is C15H15Cl2NO2S. The number of sulfonamides is 1. The van der Waals surface area contributed by atoms with Gasteiger partial charge < -0.3 is 0 Å². The van der Waals surface area contributed by atoms with Crippen LogP contribution in [-0.4, -0.2) is 15.0 Å². The lowest BCUT2D eigenvalue weighted by atomic mass is 10.2. The van der Waals surface area contributed by atoms with Gasteiger partial charge in [-0.25, -0.2) is 8.42 Å². The molecule has 0 aliphatic rings. The highest BCUT2D eigenvalue weighted by molar-refractivity contribution is 7.92. The van der Waals surface area contributed by atoms with E-state index in [1.54, 1.807) is 37.3 Å². The quantitative estimate of drug-likeness (QED) is 0.818. The molecule has 112 valence electrons. The largest absolute Gasteiger partial charge is 0.266 e. The lowest BCUT2D eigenvalue weighted by molar-refractivity contribution is 0.592. The molecule has 0 saturated heterocycles. The molecule has 0 atom stereocenters. The molecule has 0 bridgehead atoms. The number of rotatable bonds is 4. The van der Waals surface area contributed by atoms with Crippen molar-refractivity contribution in [3.05, 3.63) is 58.1 Å². The topological polar surface area (TPSA) is 37.4 Å². The van der Waals surface area contributed by atoms with E-state index in [9.17, 15) is 8.42 Å². The molecule has 0 N–H and O–H groups in total. The van der Waals surface area contributed by atoms with E-state index in [0.717, 1.165) is 5.56 Å². The minimum atomic E-state index is -3.62. The van der Waals surface area contributed by atoms with Crippen LogP contribution in [0.2, 0.25) is 10.0 Å². The van der Waals surface area contributed by atoms with E-state index in [0.29, 0.717) is 22.3 Å². The van der Waals surface area contributed by atoms with Gasteiger partial charge in [0.05, 0.1) is 10.6 Å². The van der Waals surface area contributed by atoms with Gasteiger partial charge in [-0.15, -0.1) is 0 Å². The van der Waals surface area contributed by atoms with Gasteiger partial charge in [-0.3, -0.25) is 4.31 Å². The third-order valence-electron chi connectivity index (χ3n) is 3.12. The number of halogens is 2. The fraction of sp³-hybridized carbons (Fsp3) is 0.200. The van der Waals surface area contributed by atoms with Crippen molar-refractivity contribution in [2.75, 3.05) is 10.8 Å². The molecule has 2 rings (SSSR count). The molecule has 2 aromatic rings. The van der Waals surface area contributed by atoms with Crippen molar-refractivity contribution in [3.8, 4) is 0 Å². The Labute approximate surface area is 135 Å². The highest BCUT2D eigenvalue weighted by atomic mass is 35.5. The van der Waals surface area contributed by atoms with E-state index in [1.165, 1.54) is 16.4 Å². The molecule has 0 heterocycles. The molecule has 0 aromatic heterocycles. The monoisotopic (exact) mass is 343 g/mol. The van der Waals surface area contributed by atoms with Gasteiger partial charge in [0.15, 0.2) is 0 Å². The van der Waals surface area contributed by atoms with Gasteiger partial charge in [-0.2, -0.15) is 0 Å². The summed E-state index contributed by atoms with van der Waals surface area (Å²) < 4.78 is 26.9. The second-order valence-corrected chi connectivity index (χ2v) is 7.29. The van der Waals surface area contributed by atoms with E-state index in [4.69, 9.17) is 23.2 Å². The van der Waals surface area contributed by atoms with Crippen LogP contribution in [0, 0.1) is 6.92 Å². The highest BCUT2D eigenvalue weighted by Gasteiger charge is 2.24. The molecule has 0 spiro atoms. The summed E-state index contributed by atoms with van der Waals surface area (Å²) in [6, 6.07) is 11.3. The molecule has 0 aliphatic heterocycles. The van der Waals surface area contributed by atoms with Crippen LogP contribution in [0.25, 0.3) is 0 Å². The van der Waals surface area contributed by atoms with Crippen molar-refractivity contribution in [2.24, 2.45) is 0 Å². The van der Waals surface area contributed by atoms with Crippen LogP contribution in [0.1, 0.15) is 12.5 Å². The van der Waals surface area contributed by atoms with Crippen LogP contribution >= 0.6 is 23.2 Å². The Hall–Kier alpha value is -1.23. The highest BCUT2D eigenvalue weighted by Crippen LogP contribution is 2.29. The number of aryl methyl sites for hydroxylation is 1. The maximum atomic E-state index is 12.8. The number of nitrogens with zero attached hydrogens (tertiary/aromatic N) is 1. The smallest absolute Gasteiger partial charge is 0.264 e. The molecule has 0 unspecified atom stereocenters. The van der Waals surface area contributed by atoms with Crippen LogP contribution < -0.4 is 4.31 Å². The van der Waals surface area contributed by atoms with Gasteiger partial charge in [0.25, 0.3) is 10.0 Å². The predicted molar refractivity (Wildman–Crippen MR) is 87.8 cm³/mol. The van der Waals surface area contributed by atoms with Crippen LogP contribution in [0.3, 0.4) is 0 Å². The van der Waals surface area contributed by atoms with Crippen molar-refractivity contribution < 1.29 is 8.42 Å². The molecule has 0 radical (unpaired) electrons. The first-order valence-electron chi connectivity index (χ1n) is 6.40. The van der Waals surface area contributed by atoms with Gasteiger partial charge in [-0.1, -0.05) is 23.2 Å². The summed E-state index contributed by atoms with van der Waals surface area (Å²) in [7, 11) is -3.62. The van der Waals surface area contributed by atoms with Crippen LogP contribution in [0.5, 0.6) is 0 Å². The van der Waals surface area contributed by atoms with Gasteiger partial charge >= 0.3 is 0 Å². The summed E-state index contributed by atoms with van der Waals surface area (Å²) in [6.07, 6.45) is 0. The SMILES string of the molecule is CCN(c1ccc(Cl)cc1C)S(=O)(=O)c1ccc(Cl)cc1. The molecule has 2 aromatic carbocycles. The van der Waals surface area contributed by atoms with E-state index < -0.39 is 10.0 Å². The average Bonchev–Trinajstić information content (AvgIpc) is 2.42. The normalized spacial score (nSPS) is 11.4. The number of benzene rings is 2. The third kappa shape index (κ3) is 3.34. The zero-order valence-electron chi connectivity index (χ0n) is 11.7. The summed E-state index contributed by atoms with van der Waals surface area (Å²) in [5.41, 5.74) is 1.43. The van der Waals surface area contributed by atoms with Crippen molar-refractivity contribution in [2.45, 2.75) is 18.7 Å². The van der Waals surface area contributed by atoms with Crippen LogP contribution in [0.15, 0.2) is 47.4 Å². The minimum Gasteiger partial charge on any atom is -0.266 e. The lowest BCUT2D eigenvalue weighted by Gasteiger charge is -2.24. The average molecular weight is 344 g/mol. The molecule has 21 heavy (non-hydrogen) atoms. The summed E-state index contributed by atoms with van der Waals surface area (Å²) in [4.78, 5) is 0.211. The van der Waals surface area contributed by atoms with Crippen molar-refractivity contribution in [3.63, 3.8) is 0 Å². The Morgan fingerprint density at radius 1 is 1.00 bits per heavy atom.